The highest BCUT2D eigenvalue weighted by Crippen LogP contribution is 2.43. The number of urea groups is 1. The van der Waals surface area contributed by atoms with E-state index in [0.29, 0.717) is 16.2 Å². The van der Waals surface area contributed by atoms with E-state index in [9.17, 15) is 19.2 Å². The Labute approximate surface area is 181 Å². The van der Waals surface area contributed by atoms with Gasteiger partial charge in [0.25, 0.3) is 11.8 Å². The van der Waals surface area contributed by atoms with Crippen LogP contribution in [0.15, 0.2) is 42.5 Å². The molecule has 30 heavy (non-hydrogen) atoms. The summed E-state index contributed by atoms with van der Waals surface area (Å²) in [6.45, 7) is 1.62. The topological polar surface area (TPSA) is 105 Å². The number of carbonyl (C=O) groups excluding carboxylic acids is 4. The minimum Gasteiger partial charge on any atom is -0.464 e. The van der Waals surface area contributed by atoms with Crippen molar-refractivity contribution in [3.05, 3.63) is 63.6 Å². The number of nitrogens with zero attached hydrogens (tertiary/aromatic N) is 1. The molecule has 2 aromatic rings. The second-order valence-corrected chi connectivity index (χ2v) is 7.50. The molecule has 2 unspecified atom stereocenters. The van der Waals surface area contributed by atoms with E-state index >= 15 is 0 Å². The first-order valence-corrected chi connectivity index (χ1v) is 9.75. The first-order valence-electron chi connectivity index (χ1n) is 8.99. The fraction of sp³-hybridized carbons (Fsp3) is 0.200. The van der Waals surface area contributed by atoms with E-state index in [2.05, 4.69) is 10.6 Å². The predicted octanol–water partition coefficient (Wildman–Crippen LogP) is 3.00. The molecule has 2 N–H and O–H groups in total. The Bertz CT molecular complexity index is 1110. The average molecular weight is 448 g/mol. The summed E-state index contributed by atoms with van der Waals surface area (Å²) in [6.07, 6.45) is 0. The van der Waals surface area contributed by atoms with E-state index in [1.165, 1.54) is 18.2 Å². The molecule has 4 rings (SSSR count). The number of nitrogens with one attached hydrogen (secondary N) is 2. The van der Waals surface area contributed by atoms with Crippen LogP contribution < -0.4 is 10.6 Å². The lowest BCUT2D eigenvalue weighted by Crippen LogP contribution is -2.50. The summed E-state index contributed by atoms with van der Waals surface area (Å²) in [5, 5.41) is 5.43. The van der Waals surface area contributed by atoms with Gasteiger partial charge in [-0.15, -0.1) is 0 Å². The summed E-state index contributed by atoms with van der Waals surface area (Å²) in [4.78, 5) is 52.7. The van der Waals surface area contributed by atoms with E-state index in [4.69, 9.17) is 27.9 Å². The van der Waals surface area contributed by atoms with E-state index in [0.717, 1.165) is 0 Å². The van der Waals surface area contributed by atoms with Gasteiger partial charge >= 0.3 is 12.0 Å². The highest BCUT2D eigenvalue weighted by molar-refractivity contribution is 6.42. The minimum absolute atomic E-state index is 0.0226. The molecule has 2 heterocycles. The molecule has 8 nitrogen and oxygen atoms in total. The third-order valence-corrected chi connectivity index (χ3v) is 5.74. The zero-order valence-corrected chi connectivity index (χ0v) is 17.1. The molecule has 154 valence electrons. The third-order valence-electron chi connectivity index (χ3n) is 5.00. The standard InChI is InChI=1S/C20H15Cl2N3O5/c1-2-30-16(26)15(10-7-8-12(21)13(22)9-10)25-18(28)20(24-19(25)29)11-5-3-4-6-14(11)23-17(20)27/h3-9,15H,2H2,1H3,(H,23,27)(H,24,29). The van der Waals surface area contributed by atoms with Crippen LogP contribution in [0.3, 0.4) is 0 Å². The Kier molecular flexibility index (Phi) is 4.91. The molecule has 4 amide bonds. The molecule has 10 heteroatoms. The van der Waals surface area contributed by atoms with Crippen LogP contribution in [0.2, 0.25) is 10.0 Å². The molecule has 2 atom stereocenters. The maximum atomic E-state index is 13.5. The van der Waals surface area contributed by atoms with Crippen molar-refractivity contribution in [1.29, 1.82) is 0 Å². The number of carbonyl (C=O) groups is 4. The molecule has 0 aromatic heterocycles. The zero-order valence-electron chi connectivity index (χ0n) is 15.6. The smallest absolute Gasteiger partial charge is 0.334 e. The first kappa shape index (κ1) is 20.2. The second kappa shape index (κ2) is 7.30. The summed E-state index contributed by atoms with van der Waals surface area (Å²) < 4.78 is 5.10. The van der Waals surface area contributed by atoms with Crippen LogP contribution in [0.25, 0.3) is 0 Å². The Morgan fingerprint density at radius 1 is 1.13 bits per heavy atom. The van der Waals surface area contributed by atoms with Gasteiger partial charge in [-0.05, 0) is 30.7 Å². The molecule has 0 saturated carbocycles. The number of hydrogen-bond donors (Lipinski definition) is 2. The van der Waals surface area contributed by atoms with Crippen molar-refractivity contribution in [3.8, 4) is 0 Å². The number of rotatable bonds is 4. The van der Waals surface area contributed by atoms with Crippen LogP contribution in [-0.4, -0.2) is 35.3 Å². The van der Waals surface area contributed by atoms with E-state index in [-0.39, 0.29) is 22.2 Å². The number of para-hydroxylation sites is 1. The van der Waals surface area contributed by atoms with Gasteiger partial charge in [-0.2, -0.15) is 0 Å². The Morgan fingerprint density at radius 2 is 1.87 bits per heavy atom. The monoisotopic (exact) mass is 447 g/mol. The largest absolute Gasteiger partial charge is 0.464 e. The lowest BCUT2D eigenvalue weighted by molar-refractivity contribution is -0.153. The maximum absolute atomic E-state index is 13.5. The second-order valence-electron chi connectivity index (χ2n) is 6.68. The van der Waals surface area contributed by atoms with Gasteiger partial charge in [-0.25, -0.2) is 14.5 Å². The van der Waals surface area contributed by atoms with Crippen molar-refractivity contribution in [3.63, 3.8) is 0 Å². The maximum Gasteiger partial charge on any atom is 0.334 e. The number of anilines is 1. The predicted molar refractivity (Wildman–Crippen MR) is 108 cm³/mol. The zero-order chi connectivity index (χ0) is 21.6. The summed E-state index contributed by atoms with van der Waals surface area (Å²) in [6, 6.07) is 8.43. The number of fused-ring (bicyclic) bond motifs is 2. The summed E-state index contributed by atoms with van der Waals surface area (Å²) in [5.74, 6) is -2.44. The molecule has 2 aliphatic rings. The molecule has 0 radical (unpaired) electrons. The van der Waals surface area contributed by atoms with Gasteiger partial charge in [-0.3, -0.25) is 9.59 Å². The van der Waals surface area contributed by atoms with Crippen LogP contribution in [-0.2, 0) is 24.7 Å². The lowest BCUT2D eigenvalue weighted by atomic mass is 9.90. The molecular formula is C20H15Cl2N3O5. The Morgan fingerprint density at radius 3 is 2.57 bits per heavy atom. The van der Waals surface area contributed by atoms with Gasteiger partial charge in [0.05, 0.1) is 16.7 Å². The first-order chi connectivity index (χ1) is 14.3. The van der Waals surface area contributed by atoms with Crippen LogP contribution in [0.1, 0.15) is 24.1 Å². The summed E-state index contributed by atoms with van der Waals surface area (Å²) in [5.41, 5.74) is -1.04. The molecule has 1 fully saturated rings. The van der Waals surface area contributed by atoms with Crippen molar-refractivity contribution in [2.45, 2.75) is 18.5 Å². The van der Waals surface area contributed by atoms with Gasteiger partial charge in [0, 0.05) is 11.3 Å². The van der Waals surface area contributed by atoms with Crippen molar-refractivity contribution in [2.24, 2.45) is 0 Å². The van der Waals surface area contributed by atoms with E-state index < -0.39 is 35.4 Å². The third kappa shape index (κ3) is 2.83. The lowest BCUT2D eigenvalue weighted by Gasteiger charge is -2.25. The average Bonchev–Trinajstić information content (AvgIpc) is 3.14. The molecule has 1 saturated heterocycles. The van der Waals surface area contributed by atoms with Gasteiger partial charge in [0.2, 0.25) is 5.54 Å². The van der Waals surface area contributed by atoms with Crippen LogP contribution in [0.4, 0.5) is 10.5 Å². The molecule has 0 bridgehead atoms. The Balaban J connectivity index is 1.83. The van der Waals surface area contributed by atoms with E-state index in [1.54, 1.807) is 31.2 Å². The molecule has 1 spiro atoms. The van der Waals surface area contributed by atoms with Crippen molar-refractivity contribution in [2.75, 3.05) is 11.9 Å². The van der Waals surface area contributed by atoms with Gasteiger partial charge in [-0.1, -0.05) is 47.5 Å². The number of hydrogen-bond acceptors (Lipinski definition) is 5. The normalized spacial score (nSPS) is 20.8. The van der Waals surface area contributed by atoms with E-state index in [1.807, 2.05) is 0 Å². The number of ether oxygens (including phenoxy) is 1. The number of amides is 4. The number of esters is 1. The number of halogens is 2. The number of benzene rings is 2. The fourth-order valence-corrected chi connectivity index (χ4v) is 3.98. The summed E-state index contributed by atoms with van der Waals surface area (Å²) in [7, 11) is 0. The molecule has 0 aliphatic carbocycles. The fourth-order valence-electron chi connectivity index (χ4n) is 3.67. The minimum atomic E-state index is -1.96. The highest BCUT2D eigenvalue weighted by atomic mass is 35.5. The van der Waals surface area contributed by atoms with Gasteiger partial charge < -0.3 is 15.4 Å². The van der Waals surface area contributed by atoms with Crippen molar-refractivity contribution in [1.82, 2.24) is 10.2 Å². The summed E-state index contributed by atoms with van der Waals surface area (Å²) >= 11 is 12.0. The highest BCUT2D eigenvalue weighted by Gasteiger charge is 2.63. The van der Waals surface area contributed by atoms with Crippen LogP contribution >= 0.6 is 23.2 Å². The molecular weight excluding hydrogens is 433 g/mol. The van der Waals surface area contributed by atoms with Crippen molar-refractivity contribution >= 4 is 52.7 Å². The SMILES string of the molecule is CCOC(=O)C(c1ccc(Cl)c(Cl)c1)N1C(=O)NC2(C(=O)Nc3ccccc32)C1=O. The van der Waals surface area contributed by atoms with Gasteiger partial charge in [0.15, 0.2) is 6.04 Å². The quantitative estimate of drug-likeness (QED) is 0.425. The van der Waals surface area contributed by atoms with Gasteiger partial charge in [0.1, 0.15) is 0 Å². The molecule has 2 aromatic carbocycles. The van der Waals surface area contributed by atoms with Crippen LogP contribution in [0, 0.1) is 0 Å². The molecule has 2 aliphatic heterocycles. The Hall–Kier alpha value is -3.10. The number of imide groups is 1. The van der Waals surface area contributed by atoms with Crippen molar-refractivity contribution < 1.29 is 23.9 Å². The van der Waals surface area contributed by atoms with Crippen LogP contribution in [0.5, 0.6) is 0 Å².